The average molecular weight is 435 g/mol. The van der Waals surface area contributed by atoms with Gasteiger partial charge in [-0.15, -0.1) is 0 Å². The molecule has 1 aromatic rings. The number of morpholine rings is 1. The summed E-state index contributed by atoms with van der Waals surface area (Å²) in [6, 6.07) is 6.94. The van der Waals surface area contributed by atoms with Gasteiger partial charge in [0.05, 0.1) is 25.8 Å². The van der Waals surface area contributed by atoms with Gasteiger partial charge in [-0.2, -0.15) is 0 Å². The van der Waals surface area contributed by atoms with Gasteiger partial charge in [0, 0.05) is 45.8 Å². The lowest BCUT2D eigenvalue weighted by Crippen LogP contribution is -2.43. The summed E-state index contributed by atoms with van der Waals surface area (Å²) in [5, 5.41) is 6.87. The van der Waals surface area contributed by atoms with Gasteiger partial charge in [0.15, 0.2) is 5.96 Å². The van der Waals surface area contributed by atoms with Crippen molar-refractivity contribution in [2.24, 2.45) is 4.99 Å². The Labute approximate surface area is 186 Å². The van der Waals surface area contributed by atoms with E-state index in [9.17, 15) is 4.39 Å². The zero-order valence-electron chi connectivity index (χ0n) is 19.2. The number of hydrogen-bond acceptors (Lipinski definition) is 5. The van der Waals surface area contributed by atoms with E-state index in [2.05, 4.69) is 39.3 Å². The largest absolute Gasteiger partial charge is 0.379 e. The minimum Gasteiger partial charge on any atom is -0.379 e. The average Bonchev–Trinajstić information content (AvgIpc) is 3.00. The summed E-state index contributed by atoms with van der Waals surface area (Å²) in [5.74, 6) is 0.637. The van der Waals surface area contributed by atoms with E-state index in [0.29, 0.717) is 6.54 Å². The Balaban J connectivity index is 1.59. The molecule has 0 aliphatic carbocycles. The molecule has 2 fully saturated rings. The smallest absolute Gasteiger partial charge is 0.191 e. The molecule has 7 nitrogen and oxygen atoms in total. The first kappa shape index (κ1) is 23.9. The van der Waals surface area contributed by atoms with Crippen molar-refractivity contribution >= 4 is 5.96 Å². The number of rotatable bonds is 8. The van der Waals surface area contributed by atoms with Gasteiger partial charge in [-0.1, -0.05) is 12.1 Å². The second-order valence-electron chi connectivity index (χ2n) is 8.36. The Morgan fingerprint density at radius 3 is 2.58 bits per heavy atom. The molecule has 31 heavy (non-hydrogen) atoms. The Hall–Kier alpha value is -1.74. The van der Waals surface area contributed by atoms with Crippen LogP contribution in [0.4, 0.5) is 4.39 Å². The van der Waals surface area contributed by atoms with Crippen molar-refractivity contribution in [3.05, 3.63) is 35.6 Å². The highest BCUT2D eigenvalue weighted by Gasteiger charge is 2.22. The molecule has 0 spiro atoms. The van der Waals surface area contributed by atoms with E-state index < -0.39 is 0 Å². The molecule has 0 aromatic heterocycles. The molecule has 2 aliphatic rings. The monoisotopic (exact) mass is 434 g/mol. The van der Waals surface area contributed by atoms with Crippen molar-refractivity contribution in [1.82, 2.24) is 25.3 Å². The van der Waals surface area contributed by atoms with Crippen molar-refractivity contribution in [3.8, 4) is 0 Å². The lowest BCUT2D eigenvalue weighted by Gasteiger charge is -2.34. The minimum absolute atomic E-state index is 0.112. The normalized spacial score (nSPS) is 20.9. The maximum absolute atomic E-state index is 13.5. The number of nitrogens with one attached hydrogen (secondary N) is 2. The number of aliphatic imine (C=N–C) groups is 1. The van der Waals surface area contributed by atoms with Crippen LogP contribution >= 0.6 is 0 Å². The van der Waals surface area contributed by atoms with Gasteiger partial charge in [0.2, 0.25) is 0 Å². The summed E-state index contributed by atoms with van der Waals surface area (Å²) in [4.78, 5) is 12.2. The second kappa shape index (κ2) is 13.0. The van der Waals surface area contributed by atoms with Crippen LogP contribution in [0.1, 0.15) is 24.9 Å². The fourth-order valence-electron chi connectivity index (χ4n) is 4.18. The number of halogens is 1. The van der Waals surface area contributed by atoms with Gasteiger partial charge < -0.3 is 25.2 Å². The first-order valence-electron chi connectivity index (χ1n) is 11.7. The highest BCUT2D eigenvalue weighted by atomic mass is 19.1. The fraction of sp³-hybridized carbons (Fsp3) is 0.696. The third-order valence-corrected chi connectivity index (χ3v) is 6.04. The predicted octanol–water partition coefficient (Wildman–Crippen LogP) is 1.39. The third-order valence-electron chi connectivity index (χ3n) is 6.04. The predicted molar refractivity (Wildman–Crippen MR) is 124 cm³/mol. The Kier molecular flexibility index (Phi) is 9.99. The highest BCUT2D eigenvalue weighted by Crippen LogP contribution is 2.22. The first-order chi connectivity index (χ1) is 15.2. The zero-order chi connectivity index (χ0) is 21.9. The van der Waals surface area contributed by atoms with Crippen LogP contribution < -0.4 is 10.6 Å². The standard InChI is InChI=1S/C23H39FN6O/c1-3-25-23(26-9-12-29-11-4-10-28(2)13-14-29)27-19-22(30-15-17-31-18-16-30)20-5-7-21(24)8-6-20/h5-8,22H,3-4,9-19H2,1-2H3,(H2,25,26,27). The number of benzene rings is 1. The molecule has 0 saturated carbocycles. The van der Waals surface area contributed by atoms with Crippen molar-refractivity contribution in [3.63, 3.8) is 0 Å². The number of likely N-dealkylation sites (N-methyl/N-ethyl adjacent to an activating group) is 1. The van der Waals surface area contributed by atoms with Crippen LogP contribution in [0, 0.1) is 5.82 Å². The van der Waals surface area contributed by atoms with E-state index >= 15 is 0 Å². The molecule has 2 aliphatic heterocycles. The topological polar surface area (TPSA) is 55.4 Å². The lowest BCUT2D eigenvalue weighted by atomic mass is 10.0. The van der Waals surface area contributed by atoms with Crippen LogP contribution in [-0.4, -0.2) is 106 Å². The van der Waals surface area contributed by atoms with Gasteiger partial charge in [0.25, 0.3) is 0 Å². The van der Waals surface area contributed by atoms with Crippen LogP contribution in [0.2, 0.25) is 0 Å². The Bertz CT molecular complexity index is 665. The SMILES string of the molecule is CCNC(=NCC(c1ccc(F)cc1)N1CCOCC1)NCCN1CCCN(C)CC1. The molecular weight excluding hydrogens is 395 g/mol. The van der Waals surface area contributed by atoms with E-state index in [1.54, 1.807) is 0 Å². The Morgan fingerprint density at radius 1 is 1.06 bits per heavy atom. The molecule has 2 saturated heterocycles. The second-order valence-corrected chi connectivity index (χ2v) is 8.36. The molecule has 8 heteroatoms. The maximum Gasteiger partial charge on any atom is 0.191 e. The number of ether oxygens (including phenoxy) is 1. The van der Waals surface area contributed by atoms with Gasteiger partial charge in [-0.05, 0) is 51.2 Å². The summed E-state index contributed by atoms with van der Waals surface area (Å²) in [7, 11) is 2.20. The molecule has 174 valence electrons. The van der Waals surface area contributed by atoms with Gasteiger partial charge in [0.1, 0.15) is 5.82 Å². The molecule has 0 radical (unpaired) electrons. The summed E-state index contributed by atoms with van der Waals surface area (Å²) < 4.78 is 19.0. The van der Waals surface area contributed by atoms with Crippen molar-refractivity contribution in [2.45, 2.75) is 19.4 Å². The number of hydrogen-bond donors (Lipinski definition) is 2. The van der Waals surface area contributed by atoms with Crippen molar-refractivity contribution < 1.29 is 9.13 Å². The van der Waals surface area contributed by atoms with Crippen molar-refractivity contribution in [1.29, 1.82) is 0 Å². The van der Waals surface area contributed by atoms with Crippen molar-refractivity contribution in [2.75, 3.05) is 85.7 Å². The summed E-state index contributed by atoms with van der Waals surface area (Å²) in [5.41, 5.74) is 1.09. The van der Waals surface area contributed by atoms with Gasteiger partial charge >= 0.3 is 0 Å². The van der Waals surface area contributed by atoms with E-state index in [0.717, 1.165) is 77.1 Å². The summed E-state index contributed by atoms with van der Waals surface area (Å²) in [6.07, 6.45) is 1.23. The van der Waals surface area contributed by atoms with E-state index in [1.165, 1.54) is 25.1 Å². The van der Waals surface area contributed by atoms with E-state index in [1.807, 2.05) is 12.1 Å². The number of guanidine groups is 1. The van der Waals surface area contributed by atoms with Crippen LogP contribution in [-0.2, 0) is 4.74 Å². The maximum atomic E-state index is 13.5. The molecule has 1 unspecified atom stereocenters. The third kappa shape index (κ3) is 8.03. The molecule has 1 aromatic carbocycles. The van der Waals surface area contributed by atoms with Crippen LogP contribution in [0.25, 0.3) is 0 Å². The molecule has 0 amide bonds. The number of nitrogens with zero attached hydrogens (tertiary/aromatic N) is 4. The first-order valence-corrected chi connectivity index (χ1v) is 11.7. The molecular formula is C23H39FN6O. The van der Waals surface area contributed by atoms with Crippen LogP contribution in [0.3, 0.4) is 0 Å². The summed E-state index contributed by atoms with van der Waals surface area (Å²) >= 11 is 0. The minimum atomic E-state index is -0.206. The quantitative estimate of drug-likeness (QED) is 0.477. The molecule has 1 atom stereocenters. The van der Waals surface area contributed by atoms with E-state index in [4.69, 9.17) is 9.73 Å². The lowest BCUT2D eigenvalue weighted by molar-refractivity contribution is 0.0179. The zero-order valence-corrected chi connectivity index (χ0v) is 19.2. The fourth-order valence-corrected chi connectivity index (χ4v) is 4.18. The van der Waals surface area contributed by atoms with Gasteiger partial charge in [-0.25, -0.2) is 4.39 Å². The molecule has 3 rings (SSSR count). The van der Waals surface area contributed by atoms with Gasteiger partial charge in [-0.3, -0.25) is 9.89 Å². The van der Waals surface area contributed by atoms with Crippen LogP contribution in [0.5, 0.6) is 0 Å². The highest BCUT2D eigenvalue weighted by molar-refractivity contribution is 5.79. The van der Waals surface area contributed by atoms with Crippen LogP contribution in [0.15, 0.2) is 29.3 Å². The summed E-state index contributed by atoms with van der Waals surface area (Å²) in [6.45, 7) is 13.2. The molecule has 2 N–H and O–H groups in total. The molecule has 2 heterocycles. The Morgan fingerprint density at radius 2 is 1.84 bits per heavy atom. The van der Waals surface area contributed by atoms with E-state index in [-0.39, 0.29) is 11.9 Å². The molecule has 0 bridgehead atoms.